The normalized spacial score (nSPS) is 15.0. The number of ether oxygens (including phenoxy) is 1. The van der Waals surface area contributed by atoms with Crippen LogP contribution >= 0.6 is 0 Å². The van der Waals surface area contributed by atoms with Crippen molar-refractivity contribution in [2.45, 2.75) is 45.6 Å². The summed E-state index contributed by atoms with van der Waals surface area (Å²) in [5, 5.41) is 3.89. The first-order valence-electron chi connectivity index (χ1n) is 5.79. The molecule has 5 nitrogen and oxygen atoms in total. The number of aromatic nitrogens is 2. The molecule has 1 heterocycles. The Morgan fingerprint density at radius 1 is 1.38 bits per heavy atom. The highest BCUT2D eigenvalue weighted by atomic mass is 16.5. The van der Waals surface area contributed by atoms with E-state index in [1.807, 2.05) is 6.92 Å². The van der Waals surface area contributed by atoms with Crippen LogP contribution < -0.4 is 5.73 Å². The fourth-order valence-electron chi connectivity index (χ4n) is 1.30. The van der Waals surface area contributed by atoms with Gasteiger partial charge in [0.05, 0.1) is 6.61 Å². The average molecular weight is 227 g/mol. The molecule has 0 aliphatic heterocycles. The van der Waals surface area contributed by atoms with E-state index in [1.165, 1.54) is 0 Å². The van der Waals surface area contributed by atoms with Crippen LogP contribution in [-0.4, -0.2) is 23.4 Å². The fourth-order valence-corrected chi connectivity index (χ4v) is 1.30. The highest BCUT2D eigenvalue weighted by molar-refractivity contribution is 5.01. The van der Waals surface area contributed by atoms with E-state index in [1.54, 1.807) is 0 Å². The van der Waals surface area contributed by atoms with Gasteiger partial charge in [-0.05, 0) is 19.8 Å². The van der Waals surface area contributed by atoms with Crippen LogP contribution in [0.1, 0.15) is 45.3 Å². The molecule has 0 aliphatic rings. The first kappa shape index (κ1) is 13.1. The van der Waals surface area contributed by atoms with Crippen LogP contribution in [0.5, 0.6) is 0 Å². The largest absolute Gasteiger partial charge is 0.379 e. The highest BCUT2D eigenvalue weighted by Gasteiger charge is 2.27. The Kier molecular flexibility index (Phi) is 4.89. The highest BCUT2D eigenvalue weighted by Crippen LogP contribution is 2.15. The molecule has 0 fully saturated rings. The maximum atomic E-state index is 6.08. The second-order valence-corrected chi connectivity index (χ2v) is 4.23. The van der Waals surface area contributed by atoms with Crippen molar-refractivity contribution in [2.24, 2.45) is 5.73 Å². The number of nitrogens with zero attached hydrogens (tertiary/aromatic N) is 2. The third-order valence-electron chi connectivity index (χ3n) is 2.19. The lowest BCUT2D eigenvalue weighted by atomic mass is 10.1. The molecule has 16 heavy (non-hydrogen) atoms. The zero-order valence-electron chi connectivity index (χ0n) is 10.3. The standard InChI is InChI=1S/C11H21N3O2/c1-4-6-9-13-10(14-16-9)11(3,12)8-15-7-5-2/h4-8,12H2,1-3H3. The molecule has 0 radical (unpaired) electrons. The fraction of sp³-hybridized carbons (Fsp3) is 0.818. The van der Waals surface area contributed by atoms with Crippen LogP contribution in [0.25, 0.3) is 0 Å². The molecule has 1 aromatic heterocycles. The number of rotatable bonds is 7. The second-order valence-electron chi connectivity index (χ2n) is 4.23. The lowest BCUT2D eigenvalue weighted by Gasteiger charge is -2.19. The monoisotopic (exact) mass is 227 g/mol. The molecule has 5 heteroatoms. The van der Waals surface area contributed by atoms with Crippen molar-refractivity contribution in [3.8, 4) is 0 Å². The quantitative estimate of drug-likeness (QED) is 0.716. The van der Waals surface area contributed by atoms with Crippen molar-refractivity contribution < 1.29 is 9.26 Å². The summed E-state index contributed by atoms with van der Waals surface area (Å²) >= 11 is 0. The van der Waals surface area contributed by atoms with Gasteiger partial charge in [0.2, 0.25) is 5.89 Å². The van der Waals surface area contributed by atoms with E-state index < -0.39 is 5.54 Å². The summed E-state index contributed by atoms with van der Waals surface area (Å²) in [6, 6.07) is 0. The predicted molar refractivity (Wildman–Crippen MR) is 60.9 cm³/mol. The summed E-state index contributed by atoms with van der Waals surface area (Å²) < 4.78 is 10.5. The number of hydrogen-bond acceptors (Lipinski definition) is 5. The molecule has 1 rings (SSSR count). The Labute approximate surface area is 96.4 Å². The Balaban J connectivity index is 2.58. The molecule has 0 saturated heterocycles. The van der Waals surface area contributed by atoms with E-state index >= 15 is 0 Å². The van der Waals surface area contributed by atoms with Gasteiger partial charge in [-0.1, -0.05) is 19.0 Å². The van der Waals surface area contributed by atoms with Crippen molar-refractivity contribution in [2.75, 3.05) is 13.2 Å². The average Bonchev–Trinajstić information content (AvgIpc) is 2.68. The van der Waals surface area contributed by atoms with E-state index in [0.717, 1.165) is 19.3 Å². The van der Waals surface area contributed by atoms with Crippen LogP contribution in [-0.2, 0) is 16.7 Å². The van der Waals surface area contributed by atoms with E-state index in [0.29, 0.717) is 24.9 Å². The maximum absolute atomic E-state index is 6.08. The van der Waals surface area contributed by atoms with E-state index in [9.17, 15) is 0 Å². The first-order chi connectivity index (χ1) is 7.60. The minimum absolute atomic E-state index is 0.409. The minimum atomic E-state index is -0.676. The molecule has 0 aromatic carbocycles. The molecule has 2 N–H and O–H groups in total. The van der Waals surface area contributed by atoms with Gasteiger partial charge in [-0.2, -0.15) is 4.98 Å². The summed E-state index contributed by atoms with van der Waals surface area (Å²) in [6.45, 7) is 7.08. The molecule has 92 valence electrons. The first-order valence-corrected chi connectivity index (χ1v) is 5.79. The van der Waals surface area contributed by atoms with Crippen molar-refractivity contribution in [3.05, 3.63) is 11.7 Å². The van der Waals surface area contributed by atoms with Crippen molar-refractivity contribution >= 4 is 0 Å². The maximum Gasteiger partial charge on any atom is 0.226 e. The lowest BCUT2D eigenvalue weighted by Crippen LogP contribution is -2.39. The van der Waals surface area contributed by atoms with Gasteiger partial charge >= 0.3 is 0 Å². The number of aryl methyl sites for hydroxylation is 1. The van der Waals surface area contributed by atoms with Crippen LogP contribution in [0, 0.1) is 0 Å². The Hall–Kier alpha value is -0.940. The van der Waals surface area contributed by atoms with E-state index in [-0.39, 0.29) is 0 Å². The number of hydrogen-bond donors (Lipinski definition) is 1. The molecular formula is C11H21N3O2. The molecule has 1 unspecified atom stereocenters. The molecular weight excluding hydrogens is 206 g/mol. The van der Waals surface area contributed by atoms with Crippen LogP contribution in [0.3, 0.4) is 0 Å². The smallest absolute Gasteiger partial charge is 0.226 e. The van der Waals surface area contributed by atoms with E-state index in [2.05, 4.69) is 24.0 Å². The molecule has 0 bridgehead atoms. The minimum Gasteiger partial charge on any atom is -0.379 e. The van der Waals surface area contributed by atoms with Crippen molar-refractivity contribution in [1.29, 1.82) is 0 Å². The zero-order chi connectivity index (χ0) is 12.0. The van der Waals surface area contributed by atoms with Crippen LogP contribution in [0.2, 0.25) is 0 Å². The molecule has 0 aliphatic carbocycles. The van der Waals surface area contributed by atoms with Crippen LogP contribution in [0.4, 0.5) is 0 Å². The summed E-state index contributed by atoms with van der Waals surface area (Å²) in [4.78, 5) is 4.27. The molecule has 0 amide bonds. The van der Waals surface area contributed by atoms with Gasteiger partial charge in [0.25, 0.3) is 0 Å². The summed E-state index contributed by atoms with van der Waals surface area (Å²) in [5.74, 6) is 1.16. The van der Waals surface area contributed by atoms with Gasteiger partial charge in [0.1, 0.15) is 5.54 Å². The van der Waals surface area contributed by atoms with Gasteiger partial charge in [-0.15, -0.1) is 0 Å². The van der Waals surface area contributed by atoms with Gasteiger partial charge in [-0.25, -0.2) is 0 Å². The van der Waals surface area contributed by atoms with Crippen LogP contribution in [0.15, 0.2) is 4.52 Å². The number of nitrogens with two attached hydrogens (primary N) is 1. The van der Waals surface area contributed by atoms with Crippen molar-refractivity contribution in [1.82, 2.24) is 10.1 Å². The second kappa shape index (κ2) is 5.96. The Morgan fingerprint density at radius 2 is 2.12 bits per heavy atom. The third kappa shape index (κ3) is 3.57. The Bertz CT molecular complexity index is 310. The van der Waals surface area contributed by atoms with Gasteiger partial charge in [0.15, 0.2) is 5.82 Å². The SMILES string of the molecule is CCCOCC(C)(N)c1noc(CCC)n1. The van der Waals surface area contributed by atoms with Gasteiger partial charge < -0.3 is 15.0 Å². The molecule has 1 atom stereocenters. The Morgan fingerprint density at radius 3 is 2.75 bits per heavy atom. The topological polar surface area (TPSA) is 74.2 Å². The molecule has 1 aromatic rings. The predicted octanol–water partition coefficient (Wildman–Crippen LogP) is 1.62. The van der Waals surface area contributed by atoms with Gasteiger partial charge in [0, 0.05) is 13.0 Å². The third-order valence-corrected chi connectivity index (χ3v) is 2.19. The molecule has 0 saturated carbocycles. The lowest BCUT2D eigenvalue weighted by molar-refractivity contribution is 0.0867. The summed E-state index contributed by atoms with van der Waals surface area (Å²) in [7, 11) is 0. The van der Waals surface area contributed by atoms with E-state index in [4.69, 9.17) is 15.0 Å². The molecule has 0 spiro atoms. The summed E-state index contributed by atoms with van der Waals surface area (Å²) in [6.07, 6.45) is 2.75. The summed E-state index contributed by atoms with van der Waals surface area (Å²) in [5.41, 5.74) is 5.40. The zero-order valence-corrected chi connectivity index (χ0v) is 10.3. The van der Waals surface area contributed by atoms with Gasteiger partial charge in [-0.3, -0.25) is 0 Å². The van der Waals surface area contributed by atoms with Crippen molar-refractivity contribution in [3.63, 3.8) is 0 Å².